The number of rotatable bonds is 7. The van der Waals surface area contributed by atoms with E-state index in [0.29, 0.717) is 10.6 Å². The molecule has 2 rings (SSSR count). The number of benzene rings is 1. The lowest BCUT2D eigenvalue weighted by Crippen LogP contribution is -2.40. The van der Waals surface area contributed by atoms with E-state index in [9.17, 15) is 19.2 Å². The lowest BCUT2D eigenvalue weighted by Gasteiger charge is -2.13. The van der Waals surface area contributed by atoms with Gasteiger partial charge in [0.25, 0.3) is 17.7 Å². The fourth-order valence-electron chi connectivity index (χ4n) is 1.96. The molecule has 1 heterocycles. The van der Waals surface area contributed by atoms with Gasteiger partial charge in [-0.25, -0.2) is 4.79 Å². The minimum Gasteiger partial charge on any atom is -0.454 e. The Balaban J connectivity index is 1.82. The van der Waals surface area contributed by atoms with Gasteiger partial charge < -0.3 is 21.1 Å². The average Bonchev–Trinajstić information content (AvgIpc) is 3.08. The summed E-state index contributed by atoms with van der Waals surface area (Å²) in [7, 11) is 0. The highest BCUT2D eigenvalue weighted by molar-refractivity contribution is 7.14. The molecule has 3 amide bonds. The molecule has 1 atom stereocenters. The maximum absolute atomic E-state index is 12.0. The van der Waals surface area contributed by atoms with Crippen LogP contribution in [0.2, 0.25) is 5.02 Å². The van der Waals surface area contributed by atoms with E-state index in [1.807, 2.05) is 0 Å². The van der Waals surface area contributed by atoms with Gasteiger partial charge in [0.05, 0.1) is 5.56 Å². The predicted octanol–water partition coefficient (Wildman–Crippen LogP) is 1.80. The van der Waals surface area contributed by atoms with E-state index >= 15 is 0 Å². The van der Waals surface area contributed by atoms with E-state index in [4.69, 9.17) is 22.1 Å². The van der Waals surface area contributed by atoms with Crippen molar-refractivity contribution in [2.24, 2.45) is 5.73 Å². The summed E-state index contributed by atoms with van der Waals surface area (Å²) in [5.74, 6) is -2.58. The molecule has 0 aliphatic rings. The van der Waals surface area contributed by atoms with E-state index in [-0.39, 0.29) is 10.6 Å². The summed E-state index contributed by atoms with van der Waals surface area (Å²) in [4.78, 5) is 47.0. The molecule has 0 saturated heterocycles. The highest BCUT2D eigenvalue weighted by atomic mass is 35.5. The van der Waals surface area contributed by atoms with Crippen molar-refractivity contribution in [3.63, 3.8) is 0 Å². The first-order valence-corrected chi connectivity index (χ1v) is 8.94. The largest absolute Gasteiger partial charge is 0.454 e. The molecule has 4 N–H and O–H groups in total. The van der Waals surface area contributed by atoms with E-state index in [2.05, 4.69) is 10.6 Å². The second-order valence-corrected chi connectivity index (χ2v) is 6.74. The number of thiophene rings is 1. The van der Waals surface area contributed by atoms with Crippen molar-refractivity contribution in [1.29, 1.82) is 0 Å². The summed E-state index contributed by atoms with van der Waals surface area (Å²) in [6, 6.07) is 6.64. The number of halogens is 1. The number of anilines is 1. The Hall–Kier alpha value is -2.91. The maximum atomic E-state index is 12.0. The molecule has 1 aromatic heterocycles. The van der Waals surface area contributed by atoms with Crippen molar-refractivity contribution in [2.45, 2.75) is 13.0 Å². The number of carbonyl (C=O) groups excluding carboxylic acids is 4. The highest BCUT2D eigenvalue weighted by Crippen LogP contribution is 2.22. The van der Waals surface area contributed by atoms with Crippen LogP contribution in [0, 0.1) is 0 Å². The number of primary amides is 1. The van der Waals surface area contributed by atoms with Crippen LogP contribution in [-0.2, 0) is 14.3 Å². The lowest BCUT2D eigenvalue weighted by molar-refractivity contribution is -0.148. The Labute approximate surface area is 163 Å². The van der Waals surface area contributed by atoms with Gasteiger partial charge in [-0.05, 0) is 42.6 Å². The molecular weight excluding hydrogens is 394 g/mol. The number of ether oxygens (including phenoxy) is 1. The number of amides is 3. The molecule has 0 bridgehead atoms. The van der Waals surface area contributed by atoms with E-state index in [0.717, 1.165) is 11.3 Å². The Morgan fingerprint density at radius 3 is 2.48 bits per heavy atom. The van der Waals surface area contributed by atoms with Crippen molar-refractivity contribution < 1.29 is 23.9 Å². The van der Waals surface area contributed by atoms with Crippen LogP contribution in [0.5, 0.6) is 0 Å². The first-order chi connectivity index (χ1) is 12.8. The Bertz CT molecular complexity index is 866. The van der Waals surface area contributed by atoms with Crippen LogP contribution in [0.4, 0.5) is 5.00 Å². The van der Waals surface area contributed by atoms with Gasteiger partial charge in [-0.3, -0.25) is 14.4 Å². The monoisotopic (exact) mass is 409 g/mol. The minimum absolute atomic E-state index is 0.170. The lowest BCUT2D eigenvalue weighted by atomic mass is 10.2. The van der Waals surface area contributed by atoms with E-state index < -0.39 is 36.3 Å². The summed E-state index contributed by atoms with van der Waals surface area (Å²) >= 11 is 6.87. The summed E-state index contributed by atoms with van der Waals surface area (Å²) < 4.78 is 4.87. The van der Waals surface area contributed by atoms with Crippen molar-refractivity contribution in [3.05, 3.63) is 51.9 Å². The first-order valence-electron chi connectivity index (χ1n) is 7.68. The molecular formula is C17H16ClN3O5S. The Morgan fingerprint density at radius 2 is 1.85 bits per heavy atom. The summed E-state index contributed by atoms with van der Waals surface area (Å²) in [6.07, 6.45) is 0. The van der Waals surface area contributed by atoms with Gasteiger partial charge in [0, 0.05) is 10.6 Å². The molecule has 0 spiro atoms. The Kier molecular flexibility index (Phi) is 6.91. The SMILES string of the molecule is CC(NC(=O)c1ccc(Cl)cc1)C(=O)OCC(=O)Nc1sccc1C(N)=O. The maximum Gasteiger partial charge on any atom is 0.328 e. The zero-order valence-corrected chi connectivity index (χ0v) is 15.7. The number of nitrogens with one attached hydrogen (secondary N) is 2. The Morgan fingerprint density at radius 1 is 1.19 bits per heavy atom. The molecule has 0 fully saturated rings. The quantitative estimate of drug-likeness (QED) is 0.601. The van der Waals surface area contributed by atoms with Crippen LogP contribution in [0.1, 0.15) is 27.6 Å². The van der Waals surface area contributed by atoms with Crippen molar-refractivity contribution in [3.8, 4) is 0 Å². The molecule has 0 saturated carbocycles. The molecule has 0 radical (unpaired) electrons. The number of nitrogens with two attached hydrogens (primary N) is 1. The summed E-state index contributed by atoms with van der Waals surface area (Å²) in [6.45, 7) is 0.856. The molecule has 10 heteroatoms. The molecule has 142 valence electrons. The van der Waals surface area contributed by atoms with Crippen molar-refractivity contribution in [2.75, 3.05) is 11.9 Å². The number of carbonyl (C=O) groups is 4. The second kappa shape index (κ2) is 9.15. The van der Waals surface area contributed by atoms with Crippen LogP contribution in [0.3, 0.4) is 0 Å². The number of hydrogen-bond acceptors (Lipinski definition) is 6. The molecule has 2 aromatic rings. The zero-order valence-electron chi connectivity index (χ0n) is 14.2. The first kappa shape index (κ1) is 20.4. The van der Waals surface area contributed by atoms with Crippen LogP contribution < -0.4 is 16.4 Å². The second-order valence-electron chi connectivity index (χ2n) is 5.39. The molecule has 0 aliphatic carbocycles. The number of esters is 1. The predicted molar refractivity (Wildman–Crippen MR) is 101 cm³/mol. The standard InChI is InChI=1S/C17H16ClN3O5S/c1-9(20-15(24)10-2-4-11(18)5-3-10)17(25)26-8-13(22)21-16-12(14(19)23)6-7-27-16/h2-7,9H,8H2,1H3,(H2,19,23)(H,20,24)(H,21,22). The third-order valence-electron chi connectivity index (χ3n) is 3.34. The van der Waals surface area contributed by atoms with Gasteiger partial charge in [0.15, 0.2) is 6.61 Å². The van der Waals surface area contributed by atoms with Crippen LogP contribution >= 0.6 is 22.9 Å². The number of hydrogen-bond donors (Lipinski definition) is 3. The van der Waals surface area contributed by atoms with Gasteiger partial charge in [0.2, 0.25) is 0 Å². The summed E-state index contributed by atoms with van der Waals surface area (Å²) in [5.41, 5.74) is 5.68. The normalized spacial score (nSPS) is 11.3. The molecule has 1 aromatic carbocycles. The van der Waals surface area contributed by atoms with Crippen LogP contribution in [0.15, 0.2) is 35.7 Å². The van der Waals surface area contributed by atoms with Gasteiger partial charge in [0.1, 0.15) is 11.0 Å². The zero-order chi connectivity index (χ0) is 20.0. The van der Waals surface area contributed by atoms with Crippen LogP contribution in [0.25, 0.3) is 0 Å². The van der Waals surface area contributed by atoms with E-state index in [1.54, 1.807) is 17.5 Å². The third-order valence-corrected chi connectivity index (χ3v) is 4.42. The van der Waals surface area contributed by atoms with Gasteiger partial charge in [-0.1, -0.05) is 11.6 Å². The summed E-state index contributed by atoms with van der Waals surface area (Å²) in [5, 5.41) is 7.25. The smallest absolute Gasteiger partial charge is 0.328 e. The topological polar surface area (TPSA) is 128 Å². The third kappa shape index (κ3) is 5.80. The molecule has 8 nitrogen and oxygen atoms in total. The highest BCUT2D eigenvalue weighted by Gasteiger charge is 2.20. The average molecular weight is 410 g/mol. The van der Waals surface area contributed by atoms with Gasteiger partial charge in [-0.15, -0.1) is 11.3 Å². The van der Waals surface area contributed by atoms with Gasteiger partial charge in [-0.2, -0.15) is 0 Å². The fourth-order valence-corrected chi connectivity index (χ4v) is 2.90. The molecule has 27 heavy (non-hydrogen) atoms. The fraction of sp³-hybridized carbons (Fsp3) is 0.176. The molecule has 0 aliphatic heterocycles. The molecule has 1 unspecified atom stereocenters. The van der Waals surface area contributed by atoms with E-state index in [1.165, 1.54) is 25.1 Å². The minimum atomic E-state index is -0.969. The van der Waals surface area contributed by atoms with Gasteiger partial charge >= 0.3 is 5.97 Å². The van der Waals surface area contributed by atoms with Crippen molar-refractivity contribution >= 4 is 51.6 Å². The van der Waals surface area contributed by atoms with Crippen LogP contribution in [-0.4, -0.2) is 36.3 Å². The van der Waals surface area contributed by atoms with Crippen molar-refractivity contribution in [1.82, 2.24) is 5.32 Å².